The number of carbonyl (C=O) groups excluding carboxylic acids is 1. The fraction of sp³-hybridized carbons (Fsp3) is 0.462. The largest absolute Gasteiger partial charge is 0.285 e. The van der Waals surface area contributed by atoms with Gasteiger partial charge in [0.1, 0.15) is 9.37 Å². The molecule has 6 nitrogen and oxygen atoms in total. The highest BCUT2D eigenvalue weighted by Gasteiger charge is 2.60. The molecule has 1 aliphatic rings. The van der Waals surface area contributed by atoms with Crippen molar-refractivity contribution >= 4 is 57.6 Å². The van der Waals surface area contributed by atoms with Gasteiger partial charge >= 0.3 is 0 Å². The second-order valence-corrected chi connectivity index (χ2v) is 8.56. The predicted octanol–water partition coefficient (Wildman–Crippen LogP) is 3.67. The molecule has 3 rings (SSSR count). The van der Waals surface area contributed by atoms with Crippen LogP contribution in [0.15, 0.2) is 10.6 Å². The number of carbonyl (C=O) groups is 1. The van der Waals surface area contributed by atoms with E-state index in [2.05, 4.69) is 33.6 Å². The molecule has 2 unspecified atom stereocenters. The topological polar surface area (TPSA) is 71.9 Å². The molecule has 0 aliphatic heterocycles. The lowest BCUT2D eigenvalue weighted by atomic mass is 10.1. The Labute approximate surface area is 151 Å². The number of nitrogens with zero attached hydrogens (tertiary/aromatic N) is 5. The lowest BCUT2D eigenvalue weighted by Gasteiger charge is -2.14. The van der Waals surface area contributed by atoms with Crippen molar-refractivity contribution in [2.45, 2.75) is 26.8 Å². The summed E-state index contributed by atoms with van der Waals surface area (Å²) in [6, 6.07) is -0.0472. The molecule has 2 aromatic heterocycles. The van der Waals surface area contributed by atoms with Crippen LogP contribution in [0.3, 0.4) is 0 Å². The van der Waals surface area contributed by atoms with E-state index in [0.717, 1.165) is 17.0 Å². The first-order valence-electron chi connectivity index (χ1n) is 6.75. The van der Waals surface area contributed by atoms with Crippen molar-refractivity contribution in [3.8, 4) is 9.88 Å². The fourth-order valence-electron chi connectivity index (χ4n) is 2.69. The van der Waals surface area contributed by atoms with Gasteiger partial charge in [0.05, 0.1) is 11.7 Å². The number of hydrogen-bond donors (Lipinski definition) is 0. The Balaban J connectivity index is 1.89. The van der Waals surface area contributed by atoms with E-state index in [9.17, 15) is 4.79 Å². The normalized spacial score (nSPS) is 21.8. The summed E-state index contributed by atoms with van der Waals surface area (Å²) in [4.78, 5) is 14.1. The average molecular weight is 390 g/mol. The summed E-state index contributed by atoms with van der Waals surface area (Å²) in [5.74, 6) is 0.0804. The molecule has 0 radical (unpaired) electrons. The van der Waals surface area contributed by atoms with Gasteiger partial charge in [-0.25, -0.2) is 0 Å². The maximum absolute atomic E-state index is 11.6. The van der Waals surface area contributed by atoms with Crippen LogP contribution in [0.25, 0.3) is 9.88 Å². The maximum atomic E-state index is 11.6. The van der Waals surface area contributed by atoms with E-state index in [4.69, 9.17) is 23.2 Å². The Morgan fingerprint density at radius 2 is 2.04 bits per heavy atom. The SMILES string of the molecule is Cc1nnsc1-c1nnc(N(C=O)C2C(C=C(Cl)Cl)C2(C)C)s1. The third-order valence-corrected chi connectivity index (χ3v) is 6.22. The molecule has 122 valence electrons. The molecule has 0 saturated heterocycles. The van der Waals surface area contributed by atoms with Crippen LogP contribution in [0, 0.1) is 18.3 Å². The molecule has 2 heterocycles. The van der Waals surface area contributed by atoms with E-state index in [-0.39, 0.29) is 21.9 Å². The molecular formula is C13H13Cl2N5OS2. The standard InChI is InChI=1S/C13H13Cl2N5OS2/c1-6-9(23-19-16-6)11-17-18-12(22-11)20(5-21)10-7(4-8(14)15)13(10,2)3/h4-5,7,10H,1-3H3. The number of anilines is 1. The number of aromatic nitrogens is 4. The molecule has 2 atom stereocenters. The molecule has 2 aromatic rings. The highest BCUT2D eigenvalue weighted by atomic mass is 35.5. The molecule has 1 aliphatic carbocycles. The van der Waals surface area contributed by atoms with Gasteiger partial charge in [-0.3, -0.25) is 9.69 Å². The smallest absolute Gasteiger partial charge is 0.216 e. The minimum absolute atomic E-state index is 0.0472. The van der Waals surface area contributed by atoms with Crippen LogP contribution in [-0.4, -0.2) is 32.2 Å². The molecule has 1 fully saturated rings. The van der Waals surface area contributed by atoms with Crippen LogP contribution in [0.1, 0.15) is 19.5 Å². The van der Waals surface area contributed by atoms with E-state index >= 15 is 0 Å². The Morgan fingerprint density at radius 1 is 1.30 bits per heavy atom. The number of halogens is 2. The predicted molar refractivity (Wildman–Crippen MR) is 92.9 cm³/mol. The van der Waals surface area contributed by atoms with Gasteiger partial charge in [-0.15, -0.1) is 15.3 Å². The first-order chi connectivity index (χ1) is 10.9. The van der Waals surface area contributed by atoms with E-state index in [1.54, 1.807) is 11.0 Å². The minimum atomic E-state index is -0.121. The van der Waals surface area contributed by atoms with E-state index in [1.165, 1.54) is 22.9 Å². The zero-order valence-corrected chi connectivity index (χ0v) is 15.7. The van der Waals surface area contributed by atoms with Gasteiger partial charge in [0, 0.05) is 5.92 Å². The summed E-state index contributed by atoms with van der Waals surface area (Å²) in [5.41, 5.74) is 0.681. The molecule has 1 amide bonds. The van der Waals surface area contributed by atoms with Crippen LogP contribution < -0.4 is 4.90 Å². The second kappa shape index (κ2) is 6.08. The number of hydrogen-bond acceptors (Lipinski definition) is 7. The van der Waals surface area contributed by atoms with Crippen molar-refractivity contribution in [2.24, 2.45) is 11.3 Å². The van der Waals surface area contributed by atoms with Crippen molar-refractivity contribution < 1.29 is 4.79 Å². The number of aryl methyl sites for hydroxylation is 1. The summed E-state index contributed by atoms with van der Waals surface area (Å²) in [6.07, 6.45) is 2.55. The zero-order valence-electron chi connectivity index (χ0n) is 12.5. The molecular weight excluding hydrogens is 377 g/mol. The van der Waals surface area contributed by atoms with Crippen LogP contribution in [0.5, 0.6) is 0 Å². The van der Waals surface area contributed by atoms with Gasteiger partial charge in [0.2, 0.25) is 11.5 Å². The molecule has 0 N–H and O–H groups in total. The monoisotopic (exact) mass is 389 g/mol. The lowest BCUT2D eigenvalue weighted by molar-refractivity contribution is -0.107. The Morgan fingerprint density at radius 3 is 2.61 bits per heavy atom. The minimum Gasteiger partial charge on any atom is -0.285 e. The van der Waals surface area contributed by atoms with Gasteiger partial charge in [-0.1, -0.05) is 52.9 Å². The van der Waals surface area contributed by atoms with Gasteiger partial charge in [0.15, 0.2) is 5.01 Å². The van der Waals surface area contributed by atoms with Crippen molar-refractivity contribution in [2.75, 3.05) is 4.90 Å². The van der Waals surface area contributed by atoms with Crippen molar-refractivity contribution in [1.29, 1.82) is 0 Å². The van der Waals surface area contributed by atoms with Crippen molar-refractivity contribution in [1.82, 2.24) is 19.8 Å². The highest BCUT2D eigenvalue weighted by Crippen LogP contribution is 2.57. The van der Waals surface area contributed by atoms with Crippen LogP contribution in [-0.2, 0) is 4.79 Å². The third-order valence-electron chi connectivity index (χ3n) is 4.05. The van der Waals surface area contributed by atoms with Crippen LogP contribution in [0.4, 0.5) is 5.13 Å². The Bertz CT molecular complexity index is 768. The average Bonchev–Trinajstić information content (AvgIpc) is 2.92. The summed E-state index contributed by atoms with van der Waals surface area (Å²) in [5, 5.41) is 13.5. The van der Waals surface area contributed by atoms with Crippen LogP contribution >= 0.6 is 46.1 Å². The van der Waals surface area contributed by atoms with E-state index < -0.39 is 0 Å². The third kappa shape index (κ3) is 3.00. The first-order valence-corrected chi connectivity index (χ1v) is 9.10. The first kappa shape index (κ1) is 16.8. The molecule has 23 heavy (non-hydrogen) atoms. The van der Waals surface area contributed by atoms with E-state index in [0.29, 0.717) is 10.1 Å². The summed E-state index contributed by atoms with van der Waals surface area (Å²) in [7, 11) is 0. The Hall–Kier alpha value is -1.09. The molecule has 0 bridgehead atoms. The van der Waals surface area contributed by atoms with Crippen molar-refractivity contribution in [3.63, 3.8) is 0 Å². The van der Waals surface area contributed by atoms with Gasteiger partial charge in [-0.2, -0.15) is 0 Å². The summed E-state index contributed by atoms with van der Waals surface area (Å²) >= 11 is 14.1. The Kier molecular flexibility index (Phi) is 4.43. The highest BCUT2D eigenvalue weighted by molar-refractivity contribution is 7.22. The maximum Gasteiger partial charge on any atom is 0.216 e. The van der Waals surface area contributed by atoms with Gasteiger partial charge in [0.25, 0.3) is 0 Å². The summed E-state index contributed by atoms with van der Waals surface area (Å²) < 4.78 is 4.11. The molecule has 10 heteroatoms. The molecule has 0 aromatic carbocycles. The number of amides is 1. The fourth-order valence-corrected chi connectivity index (χ4v) is 4.58. The quantitative estimate of drug-likeness (QED) is 0.729. The molecule has 0 spiro atoms. The van der Waals surface area contributed by atoms with Crippen molar-refractivity contribution in [3.05, 3.63) is 16.3 Å². The lowest BCUT2D eigenvalue weighted by Crippen LogP contribution is -2.27. The van der Waals surface area contributed by atoms with Gasteiger partial charge < -0.3 is 0 Å². The second-order valence-electron chi connectivity index (χ2n) is 5.84. The van der Waals surface area contributed by atoms with Crippen LogP contribution in [0.2, 0.25) is 0 Å². The van der Waals surface area contributed by atoms with Gasteiger partial charge in [-0.05, 0) is 29.9 Å². The molecule has 1 saturated carbocycles. The zero-order chi connectivity index (χ0) is 16.8. The number of rotatable bonds is 5. The van der Waals surface area contributed by atoms with E-state index in [1.807, 2.05) is 6.92 Å². The summed E-state index contributed by atoms with van der Waals surface area (Å²) in [6.45, 7) is 5.99.